The minimum absolute atomic E-state index is 0.0467. The summed E-state index contributed by atoms with van der Waals surface area (Å²) >= 11 is 6.01. The Morgan fingerprint density at radius 2 is 2.21 bits per heavy atom. The molecule has 1 amide bonds. The highest BCUT2D eigenvalue weighted by Crippen LogP contribution is 2.30. The summed E-state index contributed by atoms with van der Waals surface area (Å²) in [5.74, 6) is -0.366. The molecule has 0 aliphatic heterocycles. The summed E-state index contributed by atoms with van der Waals surface area (Å²) in [6, 6.07) is 4.49. The lowest BCUT2D eigenvalue weighted by atomic mass is 10.1. The maximum atomic E-state index is 13.4. The van der Waals surface area contributed by atoms with E-state index in [1.54, 1.807) is 26.0 Å². The monoisotopic (exact) mass is 282 g/mol. The SMILES string of the molecule is CCN(C(=O)O)c1cc2ccc(F)c(C)c2nc1Cl. The molecule has 0 fully saturated rings. The Morgan fingerprint density at radius 3 is 2.79 bits per heavy atom. The summed E-state index contributed by atoms with van der Waals surface area (Å²) in [7, 11) is 0. The molecule has 0 aliphatic carbocycles. The van der Waals surface area contributed by atoms with Crippen LogP contribution in [0.5, 0.6) is 0 Å². The van der Waals surface area contributed by atoms with Gasteiger partial charge in [0.15, 0.2) is 5.15 Å². The lowest BCUT2D eigenvalue weighted by Crippen LogP contribution is -2.29. The number of aryl methyl sites for hydroxylation is 1. The van der Waals surface area contributed by atoms with Crippen molar-refractivity contribution < 1.29 is 14.3 Å². The Kier molecular flexibility index (Phi) is 3.57. The highest BCUT2D eigenvalue weighted by atomic mass is 35.5. The lowest BCUT2D eigenvalue weighted by Gasteiger charge is -2.18. The van der Waals surface area contributed by atoms with E-state index < -0.39 is 6.09 Å². The van der Waals surface area contributed by atoms with Gasteiger partial charge in [-0.2, -0.15) is 0 Å². The van der Waals surface area contributed by atoms with Crippen LogP contribution < -0.4 is 4.90 Å². The van der Waals surface area contributed by atoms with Gasteiger partial charge < -0.3 is 5.11 Å². The number of carboxylic acid groups (broad SMARTS) is 1. The molecule has 100 valence electrons. The zero-order valence-corrected chi connectivity index (χ0v) is 11.2. The zero-order valence-electron chi connectivity index (χ0n) is 10.4. The van der Waals surface area contributed by atoms with Gasteiger partial charge in [-0.15, -0.1) is 0 Å². The van der Waals surface area contributed by atoms with E-state index in [2.05, 4.69) is 4.98 Å². The van der Waals surface area contributed by atoms with Crippen LogP contribution in [0.25, 0.3) is 10.9 Å². The number of rotatable bonds is 2. The number of halogens is 2. The molecule has 1 aromatic carbocycles. The number of fused-ring (bicyclic) bond motifs is 1. The van der Waals surface area contributed by atoms with Crippen molar-refractivity contribution in [2.45, 2.75) is 13.8 Å². The van der Waals surface area contributed by atoms with Crippen molar-refractivity contribution in [1.82, 2.24) is 4.98 Å². The first-order valence-electron chi connectivity index (χ1n) is 5.71. The topological polar surface area (TPSA) is 53.4 Å². The van der Waals surface area contributed by atoms with Gasteiger partial charge >= 0.3 is 6.09 Å². The molecule has 0 unspecified atom stereocenters. The Morgan fingerprint density at radius 1 is 1.53 bits per heavy atom. The molecule has 0 radical (unpaired) electrons. The highest BCUT2D eigenvalue weighted by molar-refractivity contribution is 6.33. The van der Waals surface area contributed by atoms with Crippen LogP contribution in [0.3, 0.4) is 0 Å². The number of amides is 1. The summed E-state index contributed by atoms with van der Waals surface area (Å²) in [6.45, 7) is 3.56. The molecule has 1 heterocycles. The van der Waals surface area contributed by atoms with Crippen LogP contribution in [0.2, 0.25) is 5.15 Å². The second-order valence-electron chi connectivity index (χ2n) is 4.07. The summed E-state index contributed by atoms with van der Waals surface area (Å²) < 4.78 is 13.4. The van der Waals surface area contributed by atoms with Crippen molar-refractivity contribution in [3.05, 3.63) is 34.7 Å². The third-order valence-corrected chi connectivity index (χ3v) is 3.23. The zero-order chi connectivity index (χ0) is 14.2. The predicted octanol–water partition coefficient (Wildman–Crippen LogP) is 3.84. The van der Waals surface area contributed by atoms with Crippen molar-refractivity contribution in [3.63, 3.8) is 0 Å². The van der Waals surface area contributed by atoms with Crippen LogP contribution in [0.15, 0.2) is 18.2 Å². The molecule has 6 heteroatoms. The summed E-state index contributed by atoms with van der Waals surface area (Å²) in [4.78, 5) is 16.3. The molecule has 0 atom stereocenters. The molecule has 0 saturated heterocycles. The molecule has 1 aromatic heterocycles. The molecule has 4 nitrogen and oxygen atoms in total. The Balaban J connectivity index is 2.69. The van der Waals surface area contributed by atoms with Crippen LogP contribution >= 0.6 is 11.6 Å². The molecular weight excluding hydrogens is 271 g/mol. The van der Waals surface area contributed by atoms with Gasteiger partial charge in [-0.1, -0.05) is 11.6 Å². The number of hydrogen-bond acceptors (Lipinski definition) is 2. The van der Waals surface area contributed by atoms with E-state index in [1.807, 2.05) is 0 Å². The third kappa shape index (κ3) is 2.33. The molecule has 2 rings (SSSR count). The fourth-order valence-electron chi connectivity index (χ4n) is 1.92. The molecule has 0 aliphatic rings. The predicted molar refractivity (Wildman–Crippen MR) is 72.5 cm³/mol. The number of anilines is 1. The standard InChI is InChI=1S/C13H12ClFN2O2/c1-3-17(13(18)19)10-6-8-4-5-9(15)7(2)11(8)16-12(10)14/h4-6H,3H2,1-2H3,(H,18,19). The first kappa shape index (κ1) is 13.5. The second kappa shape index (κ2) is 5.01. The third-order valence-electron chi connectivity index (χ3n) is 2.95. The Labute approximate surface area is 114 Å². The van der Waals surface area contributed by atoms with Gasteiger partial charge in [0.1, 0.15) is 5.82 Å². The largest absolute Gasteiger partial charge is 0.465 e. The minimum Gasteiger partial charge on any atom is -0.465 e. The maximum Gasteiger partial charge on any atom is 0.411 e. The summed E-state index contributed by atoms with van der Waals surface area (Å²) in [5.41, 5.74) is 1.13. The first-order chi connectivity index (χ1) is 8.95. The first-order valence-corrected chi connectivity index (χ1v) is 6.09. The van der Waals surface area contributed by atoms with Gasteiger partial charge in [0, 0.05) is 17.5 Å². The van der Waals surface area contributed by atoms with E-state index in [0.717, 1.165) is 4.90 Å². The summed E-state index contributed by atoms with van der Waals surface area (Å²) in [6.07, 6.45) is -1.11. The number of aromatic nitrogens is 1. The smallest absolute Gasteiger partial charge is 0.411 e. The van der Waals surface area contributed by atoms with E-state index in [1.165, 1.54) is 6.07 Å². The second-order valence-corrected chi connectivity index (χ2v) is 4.43. The number of hydrogen-bond donors (Lipinski definition) is 1. The molecule has 1 N–H and O–H groups in total. The molecule has 0 bridgehead atoms. The van der Waals surface area contributed by atoms with Crippen LogP contribution in [0, 0.1) is 12.7 Å². The lowest BCUT2D eigenvalue weighted by molar-refractivity contribution is 0.202. The van der Waals surface area contributed by atoms with E-state index in [0.29, 0.717) is 22.2 Å². The fourth-order valence-corrected chi connectivity index (χ4v) is 2.16. The van der Waals surface area contributed by atoms with Crippen LogP contribution in [-0.2, 0) is 0 Å². The van der Waals surface area contributed by atoms with E-state index in [9.17, 15) is 9.18 Å². The van der Waals surface area contributed by atoms with Crippen molar-refractivity contribution in [3.8, 4) is 0 Å². The van der Waals surface area contributed by atoms with E-state index in [-0.39, 0.29) is 17.5 Å². The van der Waals surface area contributed by atoms with Crippen LogP contribution in [-0.4, -0.2) is 22.7 Å². The number of benzene rings is 1. The van der Waals surface area contributed by atoms with Crippen LogP contribution in [0.4, 0.5) is 14.9 Å². The molecule has 2 aromatic rings. The van der Waals surface area contributed by atoms with Crippen molar-refractivity contribution in [2.24, 2.45) is 0 Å². The summed E-state index contributed by atoms with van der Waals surface area (Å²) in [5, 5.41) is 9.80. The van der Waals surface area contributed by atoms with Gasteiger partial charge in [0.25, 0.3) is 0 Å². The highest BCUT2D eigenvalue weighted by Gasteiger charge is 2.18. The fraction of sp³-hybridized carbons (Fsp3) is 0.231. The average molecular weight is 283 g/mol. The van der Waals surface area contributed by atoms with Crippen LogP contribution in [0.1, 0.15) is 12.5 Å². The molecule has 0 saturated carbocycles. The number of carbonyl (C=O) groups is 1. The number of nitrogens with zero attached hydrogens (tertiary/aromatic N) is 2. The van der Waals surface area contributed by atoms with Gasteiger partial charge in [0.2, 0.25) is 0 Å². The molecule has 19 heavy (non-hydrogen) atoms. The van der Waals surface area contributed by atoms with Gasteiger partial charge in [-0.3, -0.25) is 4.90 Å². The molecular formula is C13H12ClFN2O2. The molecule has 0 spiro atoms. The van der Waals surface area contributed by atoms with Crippen molar-refractivity contribution >= 4 is 34.3 Å². The van der Waals surface area contributed by atoms with Gasteiger partial charge in [0.05, 0.1) is 11.2 Å². The Bertz CT molecular complexity index is 661. The van der Waals surface area contributed by atoms with E-state index >= 15 is 0 Å². The van der Waals surface area contributed by atoms with Gasteiger partial charge in [-0.25, -0.2) is 14.2 Å². The quantitative estimate of drug-likeness (QED) is 0.852. The Hall–Kier alpha value is -1.88. The maximum absolute atomic E-state index is 13.4. The number of pyridine rings is 1. The van der Waals surface area contributed by atoms with Crippen molar-refractivity contribution in [2.75, 3.05) is 11.4 Å². The van der Waals surface area contributed by atoms with E-state index in [4.69, 9.17) is 16.7 Å². The van der Waals surface area contributed by atoms with Crippen molar-refractivity contribution in [1.29, 1.82) is 0 Å². The minimum atomic E-state index is -1.11. The normalized spacial score (nSPS) is 10.7. The average Bonchev–Trinajstić information content (AvgIpc) is 2.36. The van der Waals surface area contributed by atoms with Gasteiger partial charge in [-0.05, 0) is 32.0 Å².